The minimum absolute atomic E-state index is 0.0143. The van der Waals surface area contributed by atoms with Crippen LogP contribution in [0.3, 0.4) is 0 Å². The number of nitrogens with one attached hydrogen (secondary N) is 1. The average molecular weight is 429 g/mol. The molecule has 1 atom stereocenters. The van der Waals surface area contributed by atoms with Crippen molar-refractivity contribution in [3.8, 4) is 0 Å². The fraction of sp³-hybridized carbons (Fsp3) is 0.222. The van der Waals surface area contributed by atoms with E-state index in [0.29, 0.717) is 6.07 Å². The van der Waals surface area contributed by atoms with Gasteiger partial charge in [0.05, 0.1) is 35.2 Å². The van der Waals surface area contributed by atoms with E-state index in [1.54, 1.807) is 0 Å². The minimum Gasteiger partial charge on any atom is -0.318 e. The number of rotatable bonds is 4. The van der Waals surface area contributed by atoms with Crippen molar-refractivity contribution in [2.24, 2.45) is 0 Å². The Morgan fingerprint density at radius 1 is 1.07 bits per heavy atom. The molecule has 1 aromatic carbocycles. The van der Waals surface area contributed by atoms with Gasteiger partial charge in [0.15, 0.2) is 0 Å². The van der Waals surface area contributed by atoms with Gasteiger partial charge in [-0.3, -0.25) is 14.5 Å². The third kappa shape index (κ3) is 4.58. The summed E-state index contributed by atoms with van der Waals surface area (Å²) >= 11 is 0. The second kappa shape index (κ2) is 7.76. The lowest BCUT2D eigenvalue weighted by atomic mass is 9.98. The van der Waals surface area contributed by atoms with Crippen molar-refractivity contribution in [1.29, 1.82) is 0 Å². The Morgan fingerprint density at radius 3 is 2.40 bits per heavy atom. The highest BCUT2D eigenvalue weighted by atomic mass is 19.4. The molecule has 0 radical (unpaired) electrons. The van der Waals surface area contributed by atoms with E-state index >= 15 is 0 Å². The van der Waals surface area contributed by atoms with Gasteiger partial charge in [-0.1, -0.05) is 6.07 Å². The van der Waals surface area contributed by atoms with E-state index in [1.807, 2.05) is 0 Å². The number of amides is 1. The van der Waals surface area contributed by atoms with Crippen molar-refractivity contribution in [2.75, 3.05) is 5.32 Å². The van der Waals surface area contributed by atoms with Crippen LogP contribution < -0.4 is 5.32 Å². The minimum atomic E-state index is -5.00. The van der Waals surface area contributed by atoms with E-state index in [2.05, 4.69) is 20.4 Å². The highest BCUT2D eigenvalue weighted by molar-refractivity contribution is 6.02. The maximum Gasteiger partial charge on any atom is 0.416 e. The largest absolute Gasteiger partial charge is 0.416 e. The number of carbonyl (C=O) groups excluding carboxylic acids is 1. The summed E-state index contributed by atoms with van der Waals surface area (Å²) in [5.41, 5.74) is -3.03. The maximum absolute atomic E-state index is 13.4. The molecule has 1 N–H and O–H groups in total. The Morgan fingerprint density at radius 2 is 1.80 bits per heavy atom. The number of nitrogens with zero attached hydrogens (tertiary/aromatic N) is 4. The number of hydrogen-bond acceptors (Lipinski definition) is 4. The molecule has 3 rings (SSSR count). The molecular formula is C18H13F6N5O. The summed E-state index contributed by atoms with van der Waals surface area (Å²) in [6.45, 7) is 1.35. The molecule has 6 nitrogen and oxygen atoms in total. The van der Waals surface area contributed by atoms with Crippen LogP contribution in [-0.4, -0.2) is 25.7 Å². The van der Waals surface area contributed by atoms with Crippen LogP contribution in [0, 0.1) is 0 Å². The fourth-order valence-electron chi connectivity index (χ4n) is 2.71. The van der Waals surface area contributed by atoms with Gasteiger partial charge in [-0.15, -0.1) is 0 Å². The first kappa shape index (κ1) is 21.3. The predicted molar refractivity (Wildman–Crippen MR) is 92.5 cm³/mol. The third-order valence-corrected chi connectivity index (χ3v) is 4.19. The van der Waals surface area contributed by atoms with Crippen LogP contribution in [0.15, 0.2) is 49.2 Å². The van der Waals surface area contributed by atoms with Crippen molar-refractivity contribution in [3.63, 3.8) is 0 Å². The Hall–Kier alpha value is -3.44. The average Bonchev–Trinajstić information content (AvgIpc) is 3.14. The van der Waals surface area contributed by atoms with E-state index in [0.717, 1.165) is 10.7 Å². The number of aromatic nitrogens is 4. The van der Waals surface area contributed by atoms with Crippen LogP contribution >= 0.6 is 0 Å². The number of anilines is 1. The van der Waals surface area contributed by atoms with Crippen molar-refractivity contribution < 1.29 is 31.1 Å². The van der Waals surface area contributed by atoms with E-state index in [4.69, 9.17) is 0 Å². The summed E-state index contributed by atoms with van der Waals surface area (Å²) in [6.07, 6.45) is -3.55. The summed E-state index contributed by atoms with van der Waals surface area (Å²) in [7, 11) is 0. The van der Waals surface area contributed by atoms with Crippen LogP contribution in [0.25, 0.3) is 0 Å². The topological polar surface area (TPSA) is 72.7 Å². The number of alkyl halides is 6. The molecular weight excluding hydrogens is 416 g/mol. The molecule has 12 heteroatoms. The summed E-state index contributed by atoms with van der Waals surface area (Å²) < 4.78 is 79.8. The predicted octanol–water partition coefficient (Wildman–Crippen LogP) is 4.57. The first-order valence-electron chi connectivity index (χ1n) is 8.36. The normalized spacial score (nSPS) is 13.2. The first-order valence-corrected chi connectivity index (χ1v) is 8.36. The Bertz CT molecular complexity index is 1050. The molecule has 1 amide bonds. The molecule has 0 bridgehead atoms. The van der Waals surface area contributed by atoms with Crippen molar-refractivity contribution in [2.45, 2.75) is 25.3 Å². The van der Waals surface area contributed by atoms with Gasteiger partial charge >= 0.3 is 12.4 Å². The van der Waals surface area contributed by atoms with Gasteiger partial charge in [0.2, 0.25) is 0 Å². The third-order valence-electron chi connectivity index (χ3n) is 4.19. The standard InChI is InChI=1S/C18H13F6N5O/c1-10(13-3-2-11(17(19,20)21)6-14(13)18(22,23)24)29-9-12(7-27-29)28-16(30)15-8-25-4-5-26-15/h2-10H,1H3,(H,28,30)/t10-/m1/s1. The van der Waals surface area contributed by atoms with Gasteiger partial charge < -0.3 is 5.32 Å². The second-order valence-electron chi connectivity index (χ2n) is 6.23. The van der Waals surface area contributed by atoms with Crippen molar-refractivity contribution in [1.82, 2.24) is 19.7 Å². The van der Waals surface area contributed by atoms with E-state index in [1.165, 1.54) is 37.9 Å². The number of halogens is 6. The molecule has 0 spiro atoms. The quantitative estimate of drug-likeness (QED) is 0.617. The molecule has 0 unspecified atom stereocenters. The van der Waals surface area contributed by atoms with Gasteiger partial charge in [0, 0.05) is 18.6 Å². The monoisotopic (exact) mass is 429 g/mol. The smallest absolute Gasteiger partial charge is 0.318 e. The molecule has 0 aliphatic rings. The highest BCUT2D eigenvalue weighted by Gasteiger charge is 2.39. The highest BCUT2D eigenvalue weighted by Crippen LogP contribution is 2.39. The summed E-state index contributed by atoms with van der Waals surface area (Å²) in [5, 5.41) is 6.37. The molecule has 158 valence electrons. The Kier molecular flexibility index (Phi) is 5.51. The van der Waals surface area contributed by atoms with E-state index in [9.17, 15) is 31.1 Å². The molecule has 2 heterocycles. The Labute approximate surface area is 165 Å². The molecule has 3 aromatic rings. The number of carbonyl (C=O) groups is 1. The molecule has 0 aliphatic heterocycles. The zero-order valence-corrected chi connectivity index (χ0v) is 15.2. The fourth-order valence-corrected chi connectivity index (χ4v) is 2.71. The summed E-state index contributed by atoms with van der Waals surface area (Å²) in [6, 6.07) is 0.370. The van der Waals surface area contributed by atoms with Gasteiger partial charge in [-0.25, -0.2) is 4.98 Å². The molecule has 2 aromatic heterocycles. The molecule has 0 fully saturated rings. The van der Waals surface area contributed by atoms with Crippen LogP contribution in [0.1, 0.15) is 40.1 Å². The van der Waals surface area contributed by atoms with Crippen LogP contribution in [0.2, 0.25) is 0 Å². The maximum atomic E-state index is 13.4. The van der Waals surface area contributed by atoms with E-state index < -0.39 is 41.0 Å². The van der Waals surface area contributed by atoms with Crippen LogP contribution in [0.4, 0.5) is 32.0 Å². The van der Waals surface area contributed by atoms with Gasteiger partial charge in [0.1, 0.15) is 5.69 Å². The summed E-state index contributed by atoms with van der Waals surface area (Å²) in [5.74, 6) is -0.610. The van der Waals surface area contributed by atoms with Crippen LogP contribution in [0.5, 0.6) is 0 Å². The lowest BCUT2D eigenvalue weighted by Gasteiger charge is -2.20. The van der Waals surface area contributed by atoms with Crippen molar-refractivity contribution in [3.05, 3.63) is 71.6 Å². The summed E-state index contributed by atoms with van der Waals surface area (Å²) in [4.78, 5) is 19.6. The second-order valence-corrected chi connectivity index (χ2v) is 6.23. The number of hydrogen-bond donors (Lipinski definition) is 1. The van der Waals surface area contributed by atoms with Gasteiger partial charge in [0.25, 0.3) is 5.91 Å². The van der Waals surface area contributed by atoms with Gasteiger partial charge in [-0.2, -0.15) is 31.4 Å². The molecule has 30 heavy (non-hydrogen) atoms. The van der Waals surface area contributed by atoms with Gasteiger partial charge in [-0.05, 0) is 24.6 Å². The van der Waals surface area contributed by atoms with Crippen molar-refractivity contribution >= 4 is 11.6 Å². The Balaban J connectivity index is 1.88. The molecule has 0 saturated heterocycles. The molecule has 0 saturated carbocycles. The zero-order chi connectivity index (χ0) is 22.1. The molecule has 0 aliphatic carbocycles. The lowest BCUT2D eigenvalue weighted by Crippen LogP contribution is -2.18. The van der Waals surface area contributed by atoms with E-state index in [-0.39, 0.29) is 17.4 Å². The van der Waals surface area contributed by atoms with Crippen LogP contribution in [-0.2, 0) is 12.4 Å². The first-order chi connectivity index (χ1) is 14.0. The SMILES string of the molecule is C[C@H](c1ccc(C(F)(F)F)cc1C(F)(F)F)n1cc(NC(=O)c2cnccn2)cn1. The number of benzene rings is 1. The lowest BCUT2D eigenvalue weighted by molar-refractivity contribution is -0.143. The zero-order valence-electron chi connectivity index (χ0n) is 15.2.